The Hall–Kier alpha value is -2.96. The number of carbonyl (C=O) groups excluding carboxylic acids is 1. The summed E-state index contributed by atoms with van der Waals surface area (Å²) in [6.45, 7) is 3.78. The summed E-state index contributed by atoms with van der Waals surface area (Å²) >= 11 is 0. The SMILES string of the molecule is CCNC(=NCC(=O)NCc1ccco1)NCCc1ccccc1OC. The third-order valence-electron chi connectivity index (χ3n) is 3.64. The van der Waals surface area contributed by atoms with Crippen LogP contribution in [0.25, 0.3) is 0 Å². The van der Waals surface area contributed by atoms with Crippen molar-refractivity contribution in [2.24, 2.45) is 4.99 Å². The van der Waals surface area contributed by atoms with Gasteiger partial charge in [0.1, 0.15) is 18.1 Å². The zero-order valence-electron chi connectivity index (χ0n) is 15.2. The first-order chi connectivity index (χ1) is 12.7. The van der Waals surface area contributed by atoms with Crippen molar-refractivity contribution in [2.75, 3.05) is 26.7 Å². The number of aliphatic imine (C=N–C) groups is 1. The summed E-state index contributed by atoms with van der Waals surface area (Å²) in [6, 6.07) is 11.5. The first kappa shape index (κ1) is 19.4. The van der Waals surface area contributed by atoms with Gasteiger partial charge >= 0.3 is 0 Å². The lowest BCUT2D eigenvalue weighted by Crippen LogP contribution is -2.39. The lowest BCUT2D eigenvalue weighted by molar-refractivity contribution is -0.119. The van der Waals surface area contributed by atoms with Gasteiger partial charge in [-0.2, -0.15) is 0 Å². The number of nitrogens with zero attached hydrogens (tertiary/aromatic N) is 1. The van der Waals surface area contributed by atoms with Crippen LogP contribution in [0.5, 0.6) is 5.75 Å². The molecule has 1 heterocycles. The number of ether oxygens (including phenoxy) is 1. The molecule has 0 saturated heterocycles. The topological polar surface area (TPSA) is 87.9 Å². The summed E-state index contributed by atoms with van der Waals surface area (Å²) in [5.41, 5.74) is 1.12. The number of nitrogens with one attached hydrogen (secondary N) is 3. The number of methoxy groups -OCH3 is 1. The molecule has 0 atom stereocenters. The number of benzene rings is 1. The van der Waals surface area contributed by atoms with Gasteiger partial charge in [0.2, 0.25) is 5.91 Å². The molecule has 0 aliphatic carbocycles. The van der Waals surface area contributed by atoms with Crippen molar-refractivity contribution in [1.82, 2.24) is 16.0 Å². The summed E-state index contributed by atoms with van der Waals surface area (Å²) in [5, 5.41) is 9.13. The minimum atomic E-state index is -0.164. The lowest BCUT2D eigenvalue weighted by Gasteiger charge is -2.12. The maximum Gasteiger partial charge on any atom is 0.242 e. The van der Waals surface area contributed by atoms with Crippen molar-refractivity contribution >= 4 is 11.9 Å². The number of amides is 1. The first-order valence-corrected chi connectivity index (χ1v) is 8.66. The Morgan fingerprint density at radius 1 is 1.15 bits per heavy atom. The van der Waals surface area contributed by atoms with E-state index < -0.39 is 0 Å². The van der Waals surface area contributed by atoms with E-state index in [2.05, 4.69) is 20.9 Å². The van der Waals surface area contributed by atoms with Crippen molar-refractivity contribution in [3.8, 4) is 5.75 Å². The van der Waals surface area contributed by atoms with Crippen molar-refractivity contribution in [2.45, 2.75) is 19.9 Å². The van der Waals surface area contributed by atoms with Gasteiger partial charge in [-0.25, -0.2) is 4.99 Å². The first-order valence-electron chi connectivity index (χ1n) is 8.66. The summed E-state index contributed by atoms with van der Waals surface area (Å²) < 4.78 is 10.5. The quantitative estimate of drug-likeness (QED) is 0.469. The minimum absolute atomic E-state index is 0.0463. The highest BCUT2D eigenvalue weighted by Crippen LogP contribution is 2.17. The van der Waals surface area contributed by atoms with Gasteiger partial charge in [-0.05, 0) is 37.1 Å². The van der Waals surface area contributed by atoms with Gasteiger partial charge in [-0.15, -0.1) is 0 Å². The number of guanidine groups is 1. The normalized spacial score (nSPS) is 11.1. The van der Waals surface area contributed by atoms with Crippen LogP contribution >= 0.6 is 0 Å². The lowest BCUT2D eigenvalue weighted by atomic mass is 10.1. The molecule has 1 aromatic carbocycles. The highest BCUT2D eigenvalue weighted by atomic mass is 16.5. The fourth-order valence-electron chi connectivity index (χ4n) is 2.37. The van der Waals surface area contributed by atoms with Crippen LogP contribution in [-0.4, -0.2) is 38.6 Å². The molecule has 7 nitrogen and oxygen atoms in total. The van der Waals surface area contributed by atoms with E-state index in [9.17, 15) is 4.79 Å². The van der Waals surface area contributed by atoms with Crippen LogP contribution in [0.2, 0.25) is 0 Å². The Kier molecular flexibility index (Phi) is 8.05. The molecule has 0 aliphatic rings. The van der Waals surface area contributed by atoms with Gasteiger partial charge in [-0.3, -0.25) is 4.79 Å². The van der Waals surface area contributed by atoms with Crippen molar-refractivity contribution in [3.63, 3.8) is 0 Å². The van der Waals surface area contributed by atoms with Gasteiger partial charge in [0.05, 0.1) is 19.9 Å². The van der Waals surface area contributed by atoms with E-state index >= 15 is 0 Å². The molecule has 7 heteroatoms. The molecule has 2 rings (SSSR count). The number of rotatable bonds is 9. The van der Waals surface area contributed by atoms with E-state index in [1.807, 2.05) is 37.3 Å². The average Bonchev–Trinajstić information content (AvgIpc) is 3.18. The van der Waals surface area contributed by atoms with Gasteiger partial charge in [0, 0.05) is 13.1 Å². The predicted octanol–water partition coefficient (Wildman–Crippen LogP) is 1.70. The molecule has 140 valence electrons. The number of hydrogen-bond donors (Lipinski definition) is 3. The fraction of sp³-hybridized carbons (Fsp3) is 0.368. The minimum Gasteiger partial charge on any atom is -0.496 e. The Morgan fingerprint density at radius 3 is 2.73 bits per heavy atom. The van der Waals surface area contributed by atoms with Crippen LogP contribution in [0.3, 0.4) is 0 Å². The number of carbonyl (C=O) groups is 1. The second-order valence-corrected chi connectivity index (χ2v) is 5.54. The Balaban J connectivity index is 1.79. The summed E-state index contributed by atoms with van der Waals surface area (Å²) in [5.74, 6) is 2.02. The van der Waals surface area contributed by atoms with E-state index in [0.717, 1.165) is 17.7 Å². The van der Waals surface area contributed by atoms with E-state index in [1.165, 1.54) is 0 Å². The van der Waals surface area contributed by atoms with Crippen LogP contribution in [0.4, 0.5) is 0 Å². The maximum absolute atomic E-state index is 11.9. The zero-order valence-corrected chi connectivity index (χ0v) is 15.2. The predicted molar refractivity (Wildman–Crippen MR) is 101 cm³/mol. The molecule has 0 radical (unpaired) electrons. The van der Waals surface area contributed by atoms with Crippen LogP contribution < -0.4 is 20.7 Å². The number of hydrogen-bond acceptors (Lipinski definition) is 4. The van der Waals surface area contributed by atoms with Crippen molar-refractivity contribution in [3.05, 3.63) is 54.0 Å². The molecule has 2 aromatic rings. The molecular weight excluding hydrogens is 332 g/mol. The second kappa shape index (κ2) is 10.8. The molecule has 0 saturated carbocycles. The molecule has 1 aromatic heterocycles. The maximum atomic E-state index is 11.9. The van der Waals surface area contributed by atoms with Crippen molar-refractivity contribution < 1.29 is 13.9 Å². The van der Waals surface area contributed by atoms with E-state index in [0.29, 0.717) is 31.4 Å². The zero-order chi connectivity index (χ0) is 18.6. The average molecular weight is 358 g/mol. The molecule has 0 fully saturated rings. The van der Waals surface area contributed by atoms with E-state index in [1.54, 1.807) is 19.4 Å². The standard InChI is InChI=1S/C19H26N4O3/c1-3-20-19(21-11-10-15-7-4-5-9-17(15)25-2)23-14-18(24)22-13-16-8-6-12-26-16/h4-9,12H,3,10-11,13-14H2,1-2H3,(H,22,24)(H2,20,21,23). The highest BCUT2D eigenvalue weighted by Gasteiger charge is 2.05. The third kappa shape index (κ3) is 6.51. The van der Waals surface area contributed by atoms with Gasteiger partial charge in [-0.1, -0.05) is 18.2 Å². The smallest absolute Gasteiger partial charge is 0.242 e. The van der Waals surface area contributed by atoms with Crippen LogP contribution in [0, 0.1) is 0 Å². The van der Waals surface area contributed by atoms with Crippen LogP contribution in [-0.2, 0) is 17.8 Å². The monoisotopic (exact) mass is 358 g/mol. The van der Waals surface area contributed by atoms with Gasteiger partial charge in [0.25, 0.3) is 0 Å². The number of furan rings is 1. The molecule has 3 N–H and O–H groups in total. The Labute approximate surface area is 153 Å². The Bertz CT molecular complexity index is 699. The van der Waals surface area contributed by atoms with Crippen LogP contribution in [0.15, 0.2) is 52.1 Å². The largest absolute Gasteiger partial charge is 0.496 e. The van der Waals surface area contributed by atoms with Crippen LogP contribution in [0.1, 0.15) is 18.2 Å². The molecular formula is C19H26N4O3. The second-order valence-electron chi connectivity index (χ2n) is 5.54. The highest BCUT2D eigenvalue weighted by molar-refractivity contribution is 5.84. The molecule has 0 bridgehead atoms. The van der Waals surface area contributed by atoms with E-state index in [4.69, 9.17) is 9.15 Å². The summed E-state index contributed by atoms with van der Waals surface area (Å²) in [4.78, 5) is 16.2. The van der Waals surface area contributed by atoms with Gasteiger partial charge in [0.15, 0.2) is 5.96 Å². The number of para-hydroxylation sites is 1. The summed E-state index contributed by atoms with van der Waals surface area (Å²) in [7, 11) is 1.67. The summed E-state index contributed by atoms with van der Waals surface area (Å²) in [6.07, 6.45) is 2.37. The molecule has 26 heavy (non-hydrogen) atoms. The fourth-order valence-corrected chi connectivity index (χ4v) is 2.37. The molecule has 0 spiro atoms. The van der Waals surface area contributed by atoms with Gasteiger partial charge < -0.3 is 25.1 Å². The Morgan fingerprint density at radius 2 is 2.00 bits per heavy atom. The molecule has 1 amide bonds. The van der Waals surface area contributed by atoms with E-state index in [-0.39, 0.29) is 12.5 Å². The molecule has 0 aliphatic heterocycles. The van der Waals surface area contributed by atoms with Crippen molar-refractivity contribution in [1.29, 1.82) is 0 Å². The molecule has 0 unspecified atom stereocenters. The third-order valence-corrected chi connectivity index (χ3v) is 3.64.